The smallest absolute Gasteiger partial charge is 0.184 e. The molecule has 0 saturated heterocycles. The topological polar surface area (TPSA) is 63.2 Å². The van der Waals surface area contributed by atoms with Crippen molar-refractivity contribution >= 4 is 44.9 Å². The molecule has 1 aromatic rings. The van der Waals surface area contributed by atoms with Crippen molar-refractivity contribution in [1.29, 1.82) is 0 Å². The molecule has 1 heterocycles. The van der Waals surface area contributed by atoms with E-state index in [4.69, 9.17) is 0 Å². The van der Waals surface area contributed by atoms with Crippen molar-refractivity contribution in [2.45, 2.75) is 28.2 Å². The number of aldehydes is 1. The lowest BCUT2D eigenvalue weighted by molar-refractivity contribution is 0.112. The third-order valence-corrected chi connectivity index (χ3v) is 7.02. The second-order valence-electron chi connectivity index (χ2n) is 3.62. The van der Waals surface area contributed by atoms with E-state index in [9.17, 15) is 13.2 Å². The Bertz CT molecular complexity index is 517. The van der Waals surface area contributed by atoms with E-state index in [0.717, 1.165) is 0 Å². The monoisotopic (exact) mass is 293 g/mol. The van der Waals surface area contributed by atoms with Crippen LogP contribution in [0.4, 0.5) is 5.69 Å². The third kappa shape index (κ3) is 2.51. The fraction of sp³-hybridized carbons (Fsp3) is 0.500. The second kappa shape index (κ2) is 5.41. The number of sulfone groups is 1. The summed E-state index contributed by atoms with van der Waals surface area (Å²) < 4.78 is 25.2. The van der Waals surface area contributed by atoms with E-state index in [1.165, 1.54) is 23.1 Å². The van der Waals surface area contributed by atoms with Gasteiger partial charge >= 0.3 is 0 Å². The summed E-state index contributed by atoms with van der Waals surface area (Å²) in [5, 5.41) is 2.31. The molecule has 0 fully saturated rings. The summed E-state index contributed by atoms with van der Waals surface area (Å²) in [6.07, 6.45) is 2.49. The number of nitrogens with one attached hydrogen (secondary N) is 1. The first-order chi connectivity index (χ1) is 7.89. The van der Waals surface area contributed by atoms with Crippen molar-refractivity contribution in [3.63, 3.8) is 0 Å². The lowest BCUT2D eigenvalue weighted by Crippen LogP contribution is -2.15. The van der Waals surface area contributed by atoms with Crippen molar-refractivity contribution in [1.82, 2.24) is 0 Å². The van der Waals surface area contributed by atoms with Gasteiger partial charge in [0.15, 0.2) is 16.1 Å². The number of thioether (sulfide) groups is 1. The maximum Gasteiger partial charge on any atom is 0.184 e. The predicted octanol–water partition coefficient (Wildman–Crippen LogP) is 2.51. The molecule has 0 aliphatic rings. The zero-order valence-corrected chi connectivity index (χ0v) is 12.6. The van der Waals surface area contributed by atoms with Gasteiger partial charge in [-0.15, -0.1) is 23.1 Å². The molecular formula is C10H15NO3S3. The Labute approximate surface area is 110 Å². The molecule has 4 nitrogen and oxygen atoms in total. The molecule has 1 rings (SSSR count). The molecule has 0 aliphatic carbocycles. The van der Waals surface area contributed by atoms with Crippen LogP contribution < -0.4 is 5.32 Å². The Morgan fingerprint density at radius 3 is 2.35 bits per heavy atom. The molecule has 7 heteroatoms. The summed E-state index contributed by atoms with van der Waals surface area (Å²) >= 11 is 2.55. The summed E-state index contributed by atoms with van der Waals surface area (Å²) in [4.78, 5) is 11.6. The van der Waals surface area contributed by atoms with Gasteiger partial charge in [0.1, 0.15) is 4.90 Å². The van der Waals surface area contributed by atoms with Crippen LogP contribution in [0.25, 0.3) is 0 Å². The highest BCUT2D eigenvalue weighted by atomic mass is 32.2. The second-order valence-corrected chi connectivity index (χ2v) is 8.19. The fourth-order valence-electron chi connectivity index (χ4n) is 1.36. The first-order valence-electron chi connectivity index (χ1n) is 4.97. The fourth-order valence-corrected chi connectivity index (χ4v) is 5.34. The van der Waals surface area contributed by atoms with Gasteiger partial charge in [-0.05, 0) is 20.1 Å². The minimum absolute atomic E-state index is 0.259. The highest BCUT2D eigenvalue weighted by Gasteiger charge is 2.30. The van der Waals surface area contributed by atoms with Crippen LogP contribution in [0, 0.1) is 0 Å². The van der Waals surface area contributed by atoms with Gasteiger partial charge in [-0.3, -0.25) is 4.79 Å². The molecular weight excluding hydrogens is 278 g/mol. The molecule has 0 saturated carbocycles. The maximum absolute atomic E-state index is 12.3. The summed E-state index contributed by atoms with van der Waals surface area (Å²) in [7, 11) is -1.76. The van der Waals surface area contributed by atoms with E-state index < -0.39 is 15.1 Å². The van der Waals surface area contributed by atoms with Crippen LogP contribution in [-0.2, 0) is 9.84 Å². The van der Waals surface area contributed by atoms with E-state index in [0.29, 0.717) is 21.1 Å². The van der Waals surface area contributed by atoms with E-state index >= 15 is 0 Å². The van der Waals surface area contributed by atoms with Crippen LogP contribution in [-0.4, -0.2) is 33.3 Å². The average Bonchev–Trinajstić information content (AvgIpc) is 2.66. The quantitative estimate of drug-likeness (QED) is 0.667. The molecule has 0 radical (unpaired) electrons. The highest BCUT2D eigenvalue weighted by Crippen LogP contribution is 2.42. The largest absolute Gasteiger partial charge is 0.386 e. The standard InChI is InChI=1S/C10H15NO3S3/c1-6(2)17(13,14)9-8(11-3)7(5-12)16-10(9)15-4/h5-6,11H,1-4H3. The van der Waals surface area contributed by atoms with Gasteiger partial charge in [0.05, 0.1) is 20.0 Å². The van der Waals surface area contributed by atoms with Gasteiger partial charge in [-0.25, -0.2) is 8.42 Å². The highest BCUT2D eigenvalue weighted by molar-refractivity contribution is 8.01. The van der Waals surface area contributed by atoms with Gasteiger partial charge in [0, 0.05) is 7.05 Å². The molecule has 0 aromatic carbocycles. The Morgan fingerprint density at radius 1 is 1.41 bits per heavy atom. The number of hydrogen-bond donors (Lipinski definition) is 1. The van der Waals surface area contributed by atoms with Crippen molar-refractivity contribution in [2.24, 2.45) is 0 Å². The molecule has 0 amide bonds. The van der Waals surface area contributed by atoms with E-state index in [1.807, 2.05) is 0 Å². The Morgan fingerprint density at radius 2 is 2.00 bits per heavy atom. The summed E-state index contributed by atoms with van der Waals surface area (Å²) in [5.41, 5.74) is 0.419. The van der Waals surface area contributed by atoms with Crippen LogP contribution in [0.5, 0.6) is 0 Å². The summed E-state index contributed by atoms with van der Waals surface area (Å²) in [6, 6.07) is 0. The molecule has 96 valence electrons. The summed E-state index contributed by atoms with van der Waals surface area (Å²) in [5.74, 6) is 0. The molecule has 0 spiro atoms. The first-order valence-corrected chi connectivity index (χ1v) is 8.56. The zero-order chi connectivity index (χ0) is 13.2. The number of anilines is 1. The van der Waals surface area contributed by atoms with Crippen LogP contribution in [0.15, 0.2) is 9.10 Å². The van der Waals surface area contributed by atoms with E-state index in [2.05, 4.69) is 5.32 Å². The molecule has 0 aliphatic heterocycles. The van der Waals surface area contributed by atoms with Crippen LogP contribution in [0.2, 0.25) is 0 Å². The predicted molar refractivity (Wildman–Crippen MR) is 73.4 cm³/mol. The Balaban J connectivity index is 3.61. The normalized spacial score (nSPS) is 11.8. The molecule has 17 heavy (non-hydrogen) atoms. The van der Waals surface area contributed by atoms with Crippen molar-refractivity contribution in [3.05, 3.63) is 4.88 Å². The Hall–Kier alpha value is -0.530. The zero-order valence-electron chi connectivity index (χ0n) is 10.1. The third-order valence-electron chi connectivity index (χ3n) is 2.31. The number of carbonyl (C=O) groups is 1. The number of hydrogen-bond acceptors (Lipinski definition) is 6. The first kappa shape index (κ1) is 14.5. The summed E-state index contributed by atoms with van der Waals surface area (Å²) in [6.45, 7) is 3.27. The SMILES string of the molecule is CNc1c(C=O)sc(SC)c1S(=O)(=O)C(C)C. The number of rotatable bonds is 5. The van der Waals surface area contributed by atoms with E-state index in [-0.39, 0.29) is 4.90 Å². The van der Waals surface area contributed by atoms with Crippen LogP contribution in [0.3, 0.4) is 0 Å². The van der Waals surface area contributed by atoms with Gasteiger partial charge in [-0.1, -0.05) is 0 Å². The van der Waals surface area contributed by atoms with Crippen LogP contribution >= 0.6 is 23.1 Å². The van der Waals surface area contributed by atoms with Crippen molar-refractivity contribution in [3.8, 4) is 0 Å². The van der Waals surface area contributed by atoms with Crippen LogP contribution in [0.1, 0.15) is 23.5 Å². The minimum Gasteiger partial charge on any atom is -0.386 e. The number of thiophene rings is 1. The van der Waals surface area contributed by atoms with E-state index in [1.54, 1.807) is 27.2 Å². The molecule has 1 aromatic heterocycles. The Kier molecular flexibility index (Phi) is 4.62. The molecule has 0 unspecified atom stereocenters. The molecule has 0 bridgehead atoms. The van der Waals surface area contributed by atoms with Gasteiger partial charge < -0.3 is 5.32 Å². The van der Waals surface area contributed by atoms with Gasteiger partial charge in [0.2, 0.25) is 0 Å². The van der Waals surface area contributed by atoms with Crippen molar-refractivity contribution < 1.29 is 13.2 Å². The molecule has 0 atom stereocenters. The molecule has 1 N–H and O–H groups in total. The van der Waals surface area contributed by atoms with Crippen molar-refractivity contribution in [2.75, 3.05) is 18.6 Å². The average molecular weight is 293 g/mol. The lowest BCUT2D eigenvalue weighted by atomic mass is 10.4. The van der Waals surface area contributed by atoms with Gasteiger partial charge in [-0.2, -0.15) is 0 Å². The number of carbonyl (C=O) groups excluding carboxylic acids is 1. The lowest BCUT2D eigenvalue weighted by Gasteiger charge is -2.10. The van der Waals surface area contributed by atoms with Gasteiger partial charge in [0.25, 0.3) is 0 Å². The maximum atomic E-state index is 12.3. The minimum atomic E-state index is -3.38.